The van der Waals surface area contributed by atoms with E-state index >= 15 is 0 Å². The Morgan fingerprint density at radius 1 is 1.00 bits per heavy atom. The summed E-state index contributed by atoms with van der Waals surface area (Å²) in [5.41, 5.74) is 4.52. The molecular weight excluding hydrogens is 450 g/mol. The zero-order valence-corrected chi connectivity index (χ0v) is 20.6. The van der Waals surface area contributed by atoms with E-state index in [1.54, 1.807) is 4.90 Å². The van der Waals surface area contributed by atoms with Crippen LogP contribution in [-0.4, -0.2) is 36.9 Å². The summed E-state index contributed by atoms with van der Waals surface area (Å²) < 4.78 is 0. The number of anilines is 2. The number of hydrogen-bond acceptors (Lipinski definition) is 4. The lowest BCUT2D eigenvalue weighted by Gasteiger charge is -2.36. The Hall–Kier alpha value is -2.86. The molecule has 34 heavy (non-hydrogen) atoms. The zero-order chi connectivity index (χ0) is 24.2. The minimum absolute atomic E-state index is 0.0871. The maximum absolute atomic E-state index is 13.6. The first-order chi connectivity index (χ1) is 16.2. The predicted octanol–water partition coefficient (Wildman–Crippen LogP) is 4.46. The largest absolute Gasteiger partial charge is 0.371 e. The molecule has 0 bridgehead atoms. The number of carbonyl (C=O) groups is 3. The number of piperidine rings is 2. The van der Waals surface area contributed by atoms with Gasteiger partial charge in [0.2, 0.25) is 17.7 Å². The first-order valence-electron chi connectivity index (χ1n) is 12.0. The van der Waals surface area contributed by atoms with Crippen molar-refractivity contribution in [3.05, 3.63) is 58.1 Å². The Morgan fingerprint density at radius 2 is 1.71 bits per heavy atom. The molecule has 2 saturated heterocycles. The quantitative estimate of drug-likeness (QED) is 0.660. The molecule has 3 aliphatic rings. The molecule has 3 amide bonds. The highest BCUT2D eigenvalue weighted by Crippen LogP contribution is 2.49. The van der Waals surface area contributed by atoms with Gasteiger partial charge in [-0.05, 0) is 75.3 Å². The van der Waals surface area contributed by atoms with Gasteiger partial charge >= 0.3 is 0 Å². The Bertz CT molecular complexity index is 1180. The summed E-state index contributed by atoms with van der Waals surface area (Å²) in [5, 5.41) is 3.20. The molecule has 7 heteroatoms. The van der Waals surface area contributed by atoms with E-state index in [-0.39, 0.29) is 18.2 Å². The molecule has 5 rings (SSSR count). The van der Waals surface area contributed by atoms with Crippen LogP contribution in [-0.2, 0) is 19.8 Å². The summed E-state index contributed by atoms with van der Waals surface area (Å²) in [6, 6.07) is 11.7. The zero-order valence-electron chi connectivity index (χ0n) is 19.9. The number of halogens is 1. The van der Waals surface area contributed by atoms with Crippen LogP contribution in [0.2, 0.25) is 5.02 Å². The molecule has 0 aliphatic carbocycles. The number of fused-ring (bicyclic) bond motifs is 1. The minimum atomic E-state index is -0.752. The lowest BCUT2D eigenvalue weighted by Crippen LogP contribution is -2.55. The molecule has 1 unspecified atom stereocenters. The molecule has 1 atom stereocenters. The van der Waals surface area contributed by atoms with Crippen LogP contribution in [0, 0.1) is 6.92 Å². The van der Waals surface area contributed by atoms with Crippen molar-refractivity contribution in [1.29, 1.82) is 0 Å². The van der Waals surface area contributed by atoms with Gasteiger partial charge in [0.25, 0.3) is 0 Å². The summed E-state index contributed by atoms with van der Waals surface area (Å²) in [7, 11) is 0. The van der Waals surface area contributed by atoms with E-state index in [0.29, 0.717) is 12.3 Å². The molecular formula is C27H30ClN3O3. The number of benzene rings is 2. The fourth-order valence-corrected chi connectivity index (χ4v) is 5.88. The SMILES string of the molecule is Cc1cc(C2CCN(c3cccc4c3C(C)(C)C(=O)N4C3CCC(=O)NC3=O)CC2)ccc1Cl. The van der Waals surface area contributed by atoms with E-state index in [9.17, 15) is 14.4 Å². The lowest BCUT2D eigenvalue weighted by molar-refractivity contribution is -0.136. The summed E-state index contributed by atoms with van der Waals surface area (Å²) in [5.74, 6) is -0.271. The van der Waals surface area contributed by atoms with Crippen molar-refractivity contribution in [1.82, 2.24) is 5.32 Å². The Labute approximate surface area is 205 Å². The number of nitrogens with one attached hydrogen (secondary N) is 1. The number of amides is 3. The van der Waals surface area contributed by atoms with Gasteiger partial charge in [0.15, 0.2) is 0 Å². The van der Waals surface area contributed by atoms with Crippen molar-refractivity contribution >= 4 is 40.7 Å². The molecule has 0 aromatic heterocycles. The van der Waals surface area contributed by atoms with Gasteiger partial charge in [0, 0.05) is 35.8 Å². The highest BCUT2D eigenvalue weighted by Gasteiger charge is 2.50. The van der Waals surface area contributed by atoms with Crippen LogP contribution in [0.5, 0.6) is 0 Å². The van der Waals surface area contributed by atoms with Gasteiger partial charge in [-0.25, -0.2) is 0 Å². The normalized spacial score (nSPS) is 22.7. The van der Waals surface area contributed by atoms with Crippen LogP contribution < -0.4 is 15.1 Å². The highest BCUT2D eigenvalue weighted by atomic mass is 35.5. The first kappa shape index (κ1) is 22.9. The monoisotopic (exact) mass is 479 g/mol. The molecule has 2 aromatic carbocycles. The van der Waals surface area contributed by atoms with Crippen molar-refractivity contribution < 1.29 is 14.4 Å². The molecule has 2 aromatic rings. The predicted molar refractivity (Wildman–Crippen MR) is 134 cm³/mol. The van der Waals surface area contributed by atoms with E-state index in [2.05, 4.69) is 28.4 Å². The van der Waals surface area contributed by atoms with E-state index in [1.165, 1.54) is 5.56 Å². The number of hydrogen-bond donors (Lipinski definition) is 1. The summed E-state index contributed by atoms with van der Waals surface area (Å²) in [6.45, 7) is 7.71. The van der Waals surface area contributed by atoms with Crippen molar-refractivity contribution in [2.75, 3.05) is 22.9 Å². The van der Waals surface area contributed by atoms with Gasteiger partial charge in [-0.2, -0.15) is 0 Å². The fraction of sp³-hybridized carbons (Fsp3) is 0.444. The number of aryl methyl sites for hydroxylation is 1. The third-order valence-corrected chi connectivity index (χ3v) is 8.09. The van der Waals surface area contributed by atoms with Crippen LogP contribution in [0.1, 0.15) is 62.1 Å². The number of nitrogens with zero attached hydrogens (tertiary/aromatic N) is 2. The van der Waals surface area contributed by atoms with E-state index in [0.717, 1.165) is 53.5 Å². The van der Waals surface area contributed by atoms with Crippen molar-refractivity contribution in [2.45, 2.75) is 63.8 Å². The molecule has 0 spiro atoms. The number of rotatable bonds is 3. The third-order valence-electron chi connectivity index (χ3n) is 7.67. The highest BCUT2D eigenvalue weighted by molar-refractivity contribution is 6.31. The lowest BCUT2D eigenvalue weighted by atomic mass is 9.83. The third kappa shape index (κ3) is 3.68. The van der Waals surface area contributed by atoms with Crippen LogP contribution in [0.3, 0.4) is 0 Å². The number of carbonyl (C=O) groups excluding carboxylic acids is 3. The minimum Gasteiger partial charge on any atom is -0.371 e. The maximum Gasteiger partial charge on any atom is 0.249 e. The van der Waals surface area contributed by atoms with E-state index in [1.807, 2.05) is 39.0 Å². The maximum atomic E-state index is 13.6. The fourth-order valence-electron chi connectivity index (χ4n) is 5.76. The first-order valence-corrected chi connectivity index (χ1v) is 12.4. The topological polar surface area (TPSA) is 69.7 Å². The van der Waals surface area contributed by atoms with E-state index < -0.39 is 17.4 Å². The summed E-state index contributed by atoms with van der Waals surface area (Å²) in [6.07, 6.45) is 2.64. The van der Waals surface area contributed by atoms with E-state index in [4.69, 9.17) is 11.6 Å². The molecule has 6 nitrogen and oxygen atoms in total. The second-order valence-corrected chi connectivity index (χ2v) is 10.6. The molecule has 2 fully saturated rings. The van der Waals surface area contributed by atoms with Gasteiger partial charge < -0.3 is 4.90 Å². The number of imide groups is 1. The Balaban J connectivity index is 1.42. The summed E-state index contributed by atoms with van der Waals surface area (Å²) in [4.78, 5) is 41.9. The van der Waals surface area contributed by atoms with Crippen LogP contribution in [0.15, 0.2) is 36.4 Å². The summed E-state index contributed by atoms with van der Waals surface area (Å²) >= 11 is 6.22. The van der Waals surface area contributed by atoms with Gasteiger partial charge in [-0.3, -0.25) is 24.6 Å². The Kier molecular flexibility index (Phi) is 5.67. The van der Waals surface area contributed by atoms with Crippen molar-refractivity contribution in [3.63, 3.8) is 0 Å². The van der Waals surface area contributed by atoms with Crippen molar-refractivity contribution in [2.24, 2.45) is 0 Å². The molecule has 0 radical (unpaired) electrons. The van der Waals surface area contributed by atoms with Crippen molar-refractivity contribution in [3.8, 4) is 0 Å². The second-order valence-electron chi connectivity index (χ2n) is 10.2. The molecule has 0 saturated carbocycles. The smallest absolute Gasteiger partial charge is 0.249 e. The Morgan fingerprint density at radius 3 is 2.38 bits per heavy atom. The average molecular weight is 480 g/mol. The van der Waals surface area contributed by atoms with Gasteiger partial charge in [-0.15, -0.1) is 0 Å². The van der Waals surface area contributed by atoms with Gasteiger partial charge in [0.05, 0.1) is 11.1 Å². The van der Waals surface area contributed by atoms with Gasteiger partial charge in [0.1, 0.15) is 6.04 Å². The molecule has 178 valence electrons. The molecule has 1 N–H and O–H groups in total. The van der Waals surface area contributed by atoms with Crippen LogP contribution in [0.4, 0.5) is 11.4 Å². The molecule has 3 aliphatic heterocycles. The van der Waals surface area contributed by atoms with Crippen LogP contribution >= 0.6 is 11.6 Å². The second kappa shape index (κ2) is 8.42. The van der Waals surface area contributed by atoms with Gasteiger partial charge in [-0.1, -0.05) is 29.8 Å². The average Bonchev–Trinajstić information content (AvgIpc) is 3.02. The van der Waals surface area contributed by atoms with Crippen LogP contribution in [0.25, 0.3) is 0 Å². The standard InChI is InChI=1S/C27H30ClN3O3/c1-16-15-18(7-8-19(16)28)17-11-13-30(14-12-17)20-5-4-6-21-24(20)27(2,3)26(34)31(21)22-9-10-23(32)29-25(22)33/h4-8,15,17,22H,9-14H2,1-3H3,(H,29,32,33). The molecule has 3 heterocycles.